The fourth-order valence-corrected chi connectivity index (χ4v) is 4.12. The van der Waals surface area contributed by atoms with Crippen LogP contribution in [0, 0.1) is 5.82 Å². The third-order valence-corrected chi connectivity index (χ3v) is 6.13. The number of aromatic nitrogens is 3. The maximum atomic E-state index is 13.9. The number of halogens is 5. The normalized spacial score (nSPS) is 11.1. The molecular weight excluding hydrogens is 423 g/mol. The molecule has 3 rings (SSSR count). The average molecular weight is 428 g/mol. The molecule has 0 unspecified atom stereocenters. The van der Waals surface area contributed by atoms with Crippen LogP contribution in [0.2, 0.25) is 15.1 Å². The zero-order valence-electron chi connectivity index (χ0n) is 9.92. The molecule has 0 radical (unpaired) electrons. The van der Waals surface area contributed by atoms with E-state index in [1.165, 1.54) is 23.5 Å². The summed E-state index contributed by atoms with van der Waals surface area (Å²) in [5.74, 6) is 0.0567. The molecule has 0 saturated carbocycles. The molecule has 2 heterocycles. The van der Waals surface area contributed by atoms with E-state index in [0.29, 0.717) is 24.5 Å². The molecule has 2 aromatic heterocycles. The van der Waals surface area contributed by atoms with Crippen molar-refractivity contribution < 1.29 is 4.39 Å². The lowest BCUT2D eigenvalue weighted by Gasteiger charge is -1.99. The van der Waals surface area contributed by atoms with Gasteiger partial charge in [-0.2, -0.15) is 5.10 Å². The van der Waals surface area contributed by atoms with Gasteiger partial charge in [0, 0.05) is 0 Å². The Bertz CT molecular complexity index is 813. The van der Waals surface area contributed by atoms with E-state index in [9.17, 15) is 4.39 Å². The summed E-state index contributed by atoms with van der Waals surface area (Å²) >= 11 is 22.7. The molecule has 1 N–H and O–H groups in total. The van der Waals surface area contributed by atoms with Crippen LogP contribution in [0.3, 0.4) is 0 Å². The Balaban J connectivity index is 2.10. The van der Waals surface area contributed by atoms with Crippen molar-refractivity contribution >= 4 is 62.1 Å². The Kier molecular flexibility index (Phi) is 4.25. The Morgan fingerprint density at radius 3 is 2.57 bits per heavy atom. The number of aromatic amines is 1. The average Bonchev–Trinajstić information content (AvgIpc) is 3.00. The van der Waals surface area contributed by atoms with Gasteiger partial charge in [0.2, 0.25) is 0 Å². The molecule has 0 aliphatic rings. The number of nitrogens with one attached hydrogen (secondary N) is 1. The number of H-pyrrole nitrogens is 1. The number of nitrogens with zero attached hydrogens (tertiary/aromatic N) is 2. The Morgan fingerprint density at radius 1 is 1.19 bits per heavy atom. The predicted molar refractivity (Wildman–Crippen MR) is 87.8 cm³/mol. The fourth-order valence-electron chi connectivity index (χ4n) is 1.70. The summed E-state index contributed by atoms with van der Waals surface area (Å²) in [6.07, 6.45) is 0. The highest BCUT2D eigenvalue weighted by Crippen LogP contribution is 2.45. The summed E-state index contributed by atoms with van der Waals surface area (Å²) < 4.78 is 14.6. The summed E-state index contributed by atoms with van der Waals surface area (Å²) in [5, 5.41) is 7.70. The highest BCUT2D eigenvalue weighted by Gasteiger charge is 2.20. The van der Waals surface area contributed by atoms with Crippen LogP contribution in [0.4, 0.5) is 4.39 Å². The van der Waals surface area contributed by atoms with Gasteiger partial charge in [0.1, 0.15) is 5.82 Å². The molecule has 0 atom stereocenters. The Morgan fingerprint density at radius 2 is 1.95 bits per heavy atom. The maximum Gasteiger partial charge on any atom is 0.185 e. The van der Waals surface area contributed by atoms with Gasteiger partial charge in [-0.25, -0.2) is 9.37 Å². The predicted octanol–water partition coefficient (Wildman–Crippen LogP) is 6.06. The van der Waals surface area contributed by atoms with E-state index < -0.39 is 5.82 Å². The second kappa shape index (κ2) is 5.85. The first-order valence-corrected chi connectivity index (χ1v) is 8.23. The van der Waals surface area contributed by atoms with Crippen molar-refractivity contribution in [3.05, 3.63) is 42.9 Å². The van der Waals surface area contributed by atoms with Crippen LogP contribution in [-0.2, 0) is 0 Å². The van der Waals surface area contributed by atoms with Crippen LogP contribution in [0.1, 0.15) is 0 Å². The van der Waals surface area contributed by atoms with Gasteiger partial charge < -0.3 is 0 Å². The molecule has 0 fully saturated rings. The maximum absolute atomic E-state index is 13.9. The lowest BCUT2D eigenvalue weighted by Crippen LogP contribution is -1.87. The second-order valence-electron chi connectivity index (χ2n) is 3.94. The van der Waals surface area contributed by atoms with E-state index in [0.717, 1.165) is 0 Å². The van der Waals surface area contributed by atoms with E-state index >= 15 is 0 Å². The largest absolute Gasteiger partial charge is 0.258 e. The number of hydrogen-bond acceptors (Lipinski definition) is 3. The van der Waals surface area contributed by atoms with Gasteiger partial charge >= 0.3 is 0 Å². The summed E-state index contributed by atoms with van der Waals surface area (Å²) in [6, 6.07) is 4.38. The van der Waals surface area contributed by atoms with Crippen molar-refractivity contribution in [2.24, 2.45) is 0 Å². The van der Waals surface area contributed by atoms with E-state index in [1.54, 1.807) is 6.07 Å². The minimum absolute atomic E-state index is 0.138. The van der Waals surface area contributed by atoms with Crippen molar-refractivity contribution in [2.45, 2.75) is 0 Å². The molecule has 21 heavy (non-hydrogen) atoms. The molecule has 0 saturated heterocycles. The minimum Gasteiger partial charge on any atom is -0.258 e. The number of benzene rings is 1. The van der Waals surface area contributed by atoms with Crippen LogP contribution >= 0.6 is 62.1 Å². The van der Waals surface area contributed by atoms with Crippen LogP contribution in [0.5, 0.6) is 0 Å². The minimum atomic E-state index is -0.496. The fraction of sp³-hybridized carbons (Fsp3) is 0. The molecule has 1 aromatic carbocycles. The monoisotopic (exact) mass is 425 g/mol. The van der Waals surface area contributed by atoms with Gasteiger partial charge in [0.25, 0.3) is 0 Å². The van der Waals surface area contributed by atoms with Crippen LogP contribution in [0.15, 0.2) is 22.0 Å². The summed E-state index contributed by atoms with van der Waals surface area (Å²) in [5.41, 5.74) is 0.138. The van der Waals surface area contributed by atoms with Crippen molar-refractivity contribution in [3.8, 4) is 22.1 Å². The first kappa shape index (κ1) is 15.2. The SMILES string of the molecule is Fc1cccc(Cl)c1-c1n[nH]c(-c2sc(Br)c(Cl)c2Cl)n1. The molecule has 0 bridgehead atoms. The van der Waals surface area contributed by atoms with E-state index in [2.05, 4.69) is 31.1 Å². The summed E-state index contributed by atoms with van der Waals surface area (Å²) in [7, 11) is 0. The zero-order valence-corrected chi connectivity index (χ0v) is 14.6. The summed E-state index contributed by atoms with van der Waals surface area (Å²) in [4.78, 5) is 4.85. The Hall–Kier alpha value is -0.660. The molecule has 0 spiro atoms. The van der Waals surface area contributed by atoms with Crippen molar-refractivity contribution in [3.63, 3.8) is 0 Å². The van der Waals surface area contributed by atoms with E-state index in [-0.39, 0.29) is 16.4 Å². The molecule has 3 nitrogen and oxygen atoms in total. The zero-order chi connectivity index (χ0) is 15.1. The number of rotatable bonds is 2. The van der Waals surface area contributed by atoms with Gasteiger partial charge in [-0.3, -0.25) is 5.10 Å². The van der Waals surface area contributed by atoms with Gasteiger partial charge in [0.05, 0.1) is 29.3 Å². The molecule has 0 aliphatic carbocycles. The molecule has 0 amide bonds. The van der Waals surface area contributed by atoms with Crippen molar-refractivity contribution in [1.82, 2.24) is 15.2 Å². The van der Waals surface area contributed by atoms with E-state index in [4.69, 9.17) is 34.8 Å². The van der Waals surface area contributed by atoms with Crippen LogP contribution in [-0.4, -0.2) is 15.2 Å². The Labute approximate surface area is 146 Å². The van der Waals surface area contributed by atoms with Gasteiger partial charge in [0.15, 0.2) is 11.6 Å². The first-order valence-electron chi connectivity index (χ1n) is 5.49. The first-order chi connectivity index (χ1) is 9.99. The van der Waals surface area contributed by atoms with Crippen molar-refractivity contribution in [1.29, 1.82) is 0 Å². The van der Waals surface area contributed by atoms with Crippen LogP contribution in [0.25, 0.3) is 22.1 Å². The topological polar surface area (TPSA) is 41.6 Å². The van der Waals surface area contributed by atoms with Crippen molar-refractivity contribution in [2.75, 3.05) is 0 Å². The lowest BCUT2D eigenvalue weighted by molar-refractivity contribution is 0.630. The molecule has 9 heteroatoms. The summed E-state index contributed by atoms with van der Waals surface area (Å²) in [6.45, 7) is 0. The van der Waals surface area contributed by atoms with Gasteiger partial charge in [-0.15, -0.1) is 11.3 Å². The molecule has 3 aromatic rings. The lowest BCUT2D eigenvalue weighted by atomic mass is 10.2. The van der Waals surface area contributed by atoms with Gasteiger partial charge in [-0.05, 0) is 28.1 Å². The van der Waals surface area contributed by atoms with E-state index in [1.807, 2.05) is 0 Å². The molecule has 0 aliphatic heterocycles. The molecule has 108 valence electrons. The number of hydrogen-bond donors (Lipinski definition) is 1. The van der Waals surface area contributed by atoms with Crippen LogP contribution < -0.4 is 0 Å². The second-order valence-corrected chi connectivity index (χ2v) is 7.44. The smallest absolute Gasteiger partial charge is 0.185 e. The molecular formula is C12H4BrCl3FN3S. The van der Waals surface area contributed by atoms with Gasteiger partial charge in [-0.1, -0.05) is 40.9 Å². The quantitative estimate of drug-likeness (QED) is 0.540. The highest BCUT2D eigenvalue weighted by atomic mass is 79.9. The number of thiophene rings is 1. The standard InChI is InChI=1S/C12H4BrCl3FN3S/c13-10-8(16)7(15)9(21-10)12-18-11(19-20-12)6-4(14)2-1-3-5(6)17/h1-3H,(H,18,19,20). The third kappa shape index (κ3) is 2.71. The third-order valence-electron chi connectivity index (χ3n) is 2.64. The highest BCUT2D eigenvalue weighted by molar-refractivity contribution is 9.11.